The minimum Gasteiger partial charge on any atom is -0.492 e. The van der Waals surface area contributed by atoms with Crippen LogP contribution in [-0.2, 0) is 29.2 Å². The molecule has 0 aliphatic heterocycles. The standard InChI is InChI=1S/C23H27Cl3O8S2/c1-4-35(28,29)14-15(2)12-32-22-7-5-18(9-20(22)25)36(30,31)19-6-8-23(21(26)10-19)33-13-17(11-24)34-16(3)27/h5-10,15,17H,4,11-14H2,1-3H3/t15-,17+/m0/s1. The van der Waals surface area contributed by atoms with Gasteiger partial charge in [-0.2, -0.15) is 0 Å². The quantitative estimate of drug-likeness (QED) is 0.237. The Morgan fingerprint density at radius 1 is 0.917 bits per heavy atom. The Labute approximate surface area is 226 Å². The SMILES string of the molecule is CCS(=O)(=O)C[C@@H](C)COc1ccc(S(=O)(=O)c2ccc(OC[C@@H](CCl)OC(C)=O)c(Cl)c2)cc1Cl. The van der Waals surface area contributed by atoms with E-state index in [0.717, 1.165) is 0 Å². The van der Waals surface area contributed by atoms with Gasteiger partial charge in [-0.1, -0.05) is 37.0 Å². The summed E-state index contributed by atoms with van der Waals surface area (Å²) in [4.78, 5) is 10.9. The van der Waals surface area contributed by atoms with E-state index in [-0.39, 0.29) is 67.9 Å². The van der Waals surface area contributed by atoms with E-state index >= 15 is 0 Å². The van der Waals surface area contributed by atoms with E-state index in [1.165, 1.54) is 43.3 Å². The molecular formula is C23H27Cl3O8S2. The average molecular weight is 602 g/mol. The first-order valence-electron chi connectivity index (χ1n) is 10.8. The Hall–Kier alpha value is -1.72. The van der Waals surface area contributed by atoms with Gasteiger partial charge in [-0.25, -0.2) is 16.8 Å². The lowest BCUT2D eigenvalue weighted by molar-refractivity contribution is -0.146. The number of rotatable bonds is 13. The predicted octanol–water partition coefficient (Wildman–Crippen LogP) is 4.83. The van der Waals surface area contributed by atoms with Crippen molar-refractivity contribution in [3.8, 4) is 11.5 Å². The third-order valence-electron chi connectivity index (χ3n) is 4.86. The van der Waals surface area contributed by atoms with Gasteiger partial charge in [0.15, 0.2) is 0 Å². The van der Waals surface area contributed by atoms with Crippen molar-refractivity contribution >= 4 is 60.4 Å². The Morgan fingerprint density at radius 3 is 1.83 bits per heavy atom. The van der Waals surface area contributed by atoms with E-state index in [4.69, 9.17) is 49.0 Å². The number of hydrogen-bond donors (Lipinski definition) is 0. The Morgan fingerprint density at radius 2 is 1.42 bits per heavy atom. The van der Waals surface area contributed by atoms with Gasteiger partial charge in [-0.05, 0) is 36.4 Å². The maximum absolute atomic E-state index is 13.1. The number of benzene rings is 2. The highest BCUT2D eigenvalue weighted by atomic mass is 35.5. The van der Waals surface area contributed by atoms with Crippen LogP contribution >= 0.6 is 34.8 Å². The molecule has 0 aliphatic carbocycles. The van der Waals surface area contributed by atoms with Crippen LogP contribution in [0.5, 0.6) is 11.5 Å². The molecule has 2 aromatic carbocycles. The summed E-state index contributed by atoms with van der Waals surface area (Å²) >= 11 is 18.2. The summed E-state index contributed by atoms with van der Waals surface area (Å²) in [5.41, 5.74) is 0. The highest BCUT2D eigenvalue weighted by Crippen LogP contribution is 2.33. The van der Waals surface area contributed by atoms with Crippen molar-refractivity contribution in [1.29, 1.82) is 0 Å². The number of carbonyl (C=O) groups excluding carboxylic acids is 1. The monoisotopic (exact) mass is 600 g/mol. The topological polar surface area (TPSA) is 113 Å². The van der Waals surface area contributed by atoms with Crippen LogP contribution in [-0.4, -0.2) is 59.5 Å². The molecule has 8 nitrogen and oxygen atoms in total. The molecule has 0 saturated carbocycles. The Kier molecular flexibility index (Phi) is 11.2. The molecule has 0 aromatic heterocycles. The molecule has 0 unspecified atom stereocenters. The van der Waals surface area contributed by atoms with Crippen LogP contribution in [0.1, 0.15) is 20.8 Å². The zero-order chi connectivity index (χ0) is 27.1. The summed E-state index contributed by atoms with van der Waals surface area (Å²) < 4.78 is 65.8. The largest absolute Gasteiger partial charge is 0.492 e. The molecule has 2 atom stereocenters. The summed E-state index contributed by atoms with van der Waals surface area (Å²) in [6, 6.07) is 7.96. The van der Waals surface area contributed by atoms with Crippen LogP contribution in [0.4, 0.5) is 0 Å². The molecule has 0 bridgehead atoms. The molecular weight excluding hydrogens is 575 g/mol. The maximum Gasteiger partial charge on any atom is 0.303 e. The predicted molar refractivity (Wildman–Crippen MR) is 139 cm³/mol. The first-order chi connectivity index (χ1) is 16.8. The first kappa shape index (κ1) is 30.5. The number of halogens is 3. The highest BCUT2D eigenvalue weighted by molar-refractivity contribution is 7.91. The van der Waals surface area contributed by atoms with Crippen LogP contribution in [0.15, 0.2) is 46.2 Å². The fourth-order valence-corrected chi connectivity index (χ4v) is 6.29. The van der Waals surface area contributed by atoms with Crippen LogP contribution in [0.2, 0.25) is 10.0 Å². The number of carbonyl (C=O) groups is 1. The van der Waals surface area contributed by atoms with E-state index in [0.29, 0.717) is 0 Å². The van der Waals surface area contributed by atoms with Crippen LogP contribution in [0, 0.1) is 5.92 Å². The van der Waals surface area contributed by atoms with Gasteiger partial charge in [0.25, 0.3) is 0 Å². The molecule has 0 amide bonds. The third-order valence-corrected chi connectivity index (χ3v) is 9.50. The van der Waals surface area contributed by atoms with Gasteiger partial charge >= 0.3 is 5.97 Å². The normalized spacial score (nSPS) is 13.6. The second-order valence-electron chi connectivity index (χ2n) is 8.00. The summed E-state index contributed by atoms with van der Waals surface area (Å²) in [5, 5.41) is 0.0968. The second kappa shape index (κ2) is 13.2. The summed E-state index contributed by atoms with van der Waals surface area (Å²) in [6.07, 6.45) is -0.689. The van der Waals surface area contributed by atoms with Gasteiger partial charge in [0.2, 0.25) is 9.84 Å². The van der Waals surface area contributed by atoms with Crippen molar-refractivity contribution < 1.29 is 35.8 Å². The van der Waals surface area contributed by atoms with Crippen molar-refractivity contribution in [3.05, 3.63) is 46.4 Å². The molecule has 0 spiro atoms. The van der Waals surface area contributed by atoms with E-state index in [1.807, 2.05) is 0 Å². The molecule has 0 radical (unpaired) electrons. The lowest BCUT2D eigenvalue weighted by atomic mass is 10.2. The summed E-state index contributed by atoms with van der Waals surface area (Å²) in [7, 11) is -7.13. The molecule has 0 saturated heterocycles. The number of sulfone groups is 2. The fourth-order valence-electron chi connectivity index (χ4n) is 3.03. The lowest BCUT2D eigenvalue weighted by Crippen LogP contribution is -2.25. The second-order valence-corrected chi connectivity index (χ2v) is 13.5. The van der Waals surface area contributed by atoms with Crippen LogP contribution < -0.4 is 9.47 Å². The highest BCUT2D eigenvalue weighted by Gasteiger charge is 2.22. The fraction of sp³-hybridized carbons (Fsp3) is 0.435. The number of esters is 1. The van der Waals surface area contributed by atoms with Gasteiger partial charge in [0, 0.05) is 18.6 Å². The number of hydrogen-bond acceptors (Lipinski definition) is 8. The van der Waals surface area contributed by atoms with Crippen molar-refractivity contribution in [2.75, 3.05) is 30.6 Å². The molecule has 36 heavy (non-hydrogen) atoms. The van der Waals surface area contributed by atoms with Crippen LogP contribution in [0.3, 0.4) is 0 Å². The van der Waals surface area contributed by atoms with E-state index in [2.05, 4.69) is 0 Å². The van der Waals surface area contributed by atoms with Crippen molar-refractivity contribution in [3.63, 3.8) is 0 Å². The molecule has 0 heterocycles. The third kappa shape index (κ3) is 8.69. The molecule has 0 N–H and O–H groups in total. The molecule has 2 rings (SSSR count). The van der Waals surface area contributed by atoms with Gasteiger partial charge in [0.1, 0.15) is 34.0 Å². The average Bonchev–Trinajstić information content (AvgIpc) is 2.80. The van der Waals surface area contributed by atoms with E-state index in [1.54, 1.807) is 13.8 Å². The molecule has 0 fully saturated rings. The Bertz CT molecular complexity index is 1280. The zero-order valence-corrected chi connectivity index (χ0v) is 23.8. The lowest BCUT2D eigenvalue weighted by Gasteiger charge is -2.16. The minimum atomic E-state index is -3.98. The molecule has 2 aromatic rings. The smallest absolute Gasteiger partial charge is 0.303 e. The maximum atomic E-state index is 13.1. The Balaban J connectivity index is 2.13. The van der Waals surface area contributed by atoms with Gasteiger partial charge in [-0.3, -0.25) is 4.79 Å². The molecule has 200 valence electrons. The minimum absolute atomic E-state index is 0.0148. The zero-order valence-electron chi connectivity index (χ0n) is 19.9. The van der Waals surface area contributed by atoms with Crippen molar-refractivity contribution in [2.45, 2.75) is 36.7 Å². The van der Waals surface area contributed by atoms with Gasteiger partial charge < -0.3 is 14.2 Å². The van der Waals surface area contributed by atoms with Gasteiger partial charge in [-0.15, -0.1) is 11.6 Å². The van der Waals surface area contributed by atoms with Crippen molar-refractivity contribution in [1.82, 2.24) is 0 Å². The molecule has 0 aliphatic rings. The summed E-state index contributed by atoms with van der Waals surface area (Å²) in [6.45, 7) is 4.61. The van der Waals surface area contributed by atoms with Gasteiger partial charge in [0.05, 0.1) is 38.1 Å². The van der Waals surface area contributed by atoms with Crippen LogP contribution in [0.25, 0.3) is 0 Å². The van der Waals surface area contributed by atoms with E-state index < -0.39 is 31.7 Å². The number of ether oxygens (including phenoxy) is 3. The van der Waals surface area contributed by atoms with E-state index in [9.17, 15) is 21.6 Å². The number of alkyl halides is 1. The first-order valence-corrected chi connectivity index (χ1v) is 15.4. The molecule has 13 heteroatoms. The van der Waals surface area contributed by atoms with Crippen molar-refractivity contribution in [2.24, 2.45) is 5.92 Å². The summed E-state index contributed by atoms with van der Waals surface area (Å²) in [5.74, 6) is -0.314.